The van der Waals surface area contributed by atoms with E-state index in [2.05, 4.69) is 55.8 Å². The average molecular weight is 542 g/mol. The Morgan fingerprint density at radius 2 is 2.11 bits per heavy atom. The molecule has 0 saturated heterocycles. The molecule has 1 aliphatic carbocycles. The van der Waals surface area contributed by atoms with Crippen LogP contribution in [0.15, 0.2) is 54.4 Å². The second-order valence-electron chi connectivity index (χ2n) is 9.11. The van der Waals surface area contributed by atoms with E-state index >= 15 is 0 Å². The van der Waals surface area contributed by atoms with E-state index in [1.54, 1.807) is 0 Å². The van der Waals surface area contributed by atoms with Crippen molar-refractivity contribution in [2.45, 2.75) is 44.6 Å². The van der Waals surface area contributed by atoms with Crippen LogP contribution in [0.3, 0.4) is 0 Å². The van der Waals surface area contributed by atoms with Gasteiger partial charge in [-0.2, -0.15) is 13.1 Å². The molecule has 5 rings (SSSR count). The summed E-state index contributed by atoms with van der Waals surface area (Å²) in [5, 5.41) is 16.6. The Bertz CT molecular complexity index is 1550. The fraction of sp³-hybridized carbons (Fsp3) is 0.320. The number of hydrogen-bond acceptors (Lipinski definition) is 9. The van der Waals surface area contributed by atoms with Crippen LogP contribution in [-0.4, -0.2) is 59.1 Å². The van der Waals surface area contributed by atoms with Crippen LogP contribution < -0.4 is 10.0 Å². The molecular weight excluding hydrogens is 514 g/mol. The molecule has 1 aromatic carbocycles. The van der Waals surface area contributed by atoms with Gasteiger partial charge < -0.3 is 15.0 Å². The summed E-state index contributed by atoms with van der Waals surface area (Å²) in [5.74, 6) is 0.118. The lowest BCUT2D eigenvalue weighted by Gasteiger charge is -2.15. The molecule has 194 valence electrons. The van der Waals surface area contributed by atoms with Crippen LogP contribution in [0, 0.1) is 6.92 Å². The van der Waals surface area contributed by atoms with E-state index in [1.165, 1.54) is 41.9 Å². The van der Waals surface area contributed by atoms with Crippen molar-refractivity contribution in [2.24, 2.45) is 0 Å². The normalized spacial score (nSPS) is 19.9. The topological polar surface area (TPSA) is 135 Å². The summed E-state index contributed by atoms with van der Waals surface area (Å²) in [6.45, 7) is 2.71. The summed E-state index contributed by atoms with van der Waals surface area (Å²) in [6.07, 6.45) is 3.44. The van der Waals surface area contributed by atoms with Crippen molar-refractivity contribution in [3.8, 4) is 0 Å². The Morgan fingerprint density at radius 3 is 2.92 bits per heavy atom. The van der Waals surface area contributed by atoms with E-state index in [1.807, 2.05) is 17.6 Å². The first-order valence-electron chi connectivity index (χ1n) is 11.8. The zero-order valence-corrected chi connectivity index (χ0v) is 21.9. The average Bonchev–Trinajstić information content (AvgIpc) is 3.59. The number of thiophene rings is 1. The van der Waals surface area contributed by atoms with Gasteiger partial charge in [-0.05, 0) is 59.9 Å². The molecule has 1 fully saturated rings. The number of ketones is 1. The van der Waals surface area contributed by atoms with Crippen molar-refractivity contribution in [1.82, 2.24) is 19.3 Å². The molecule has 0 amide bonds. The van der Waals surface area contributed by atoms with E-state index in [-0.39, 0.29) is 24.7 Å². The monoisotopic (exact) mass is 541 g/mol. The van der Waals surface area contributed by atoms with Gasteiger partial charge in [-0.15, -0.1) is 11.3 Å². The number of nitrogens with one attached hydrogen (secondary N) is 2. The summed E-state index contributed by atoms with van der Waals surface area (Å²) in [7, 11) is -2.70. The quantitative estimate of drug-likeness (QED) is 0.275. The van der Waals surface area contributed by atoms with Crippen LogP contribution in [0.4, 0.5) is 5.82 Å². The van der Waals surface area contributed by atoms with Crippen molar-refractivity contribution in [3.63, 3.8) is 0 Å². The third kappa shape index (κ3) is 5.58. The maximum atomic E-state index is 13.4. The molecule has 0 radical (unpaired) electrons. The molecule has 1 saturated carbocycles. The lowest BCUT2D eigenvalue weighted by atomic mass is 10.1. The lowest BCUT2D eigenvalue weighted by Crippen LogP contribution is -2.31. The first-order chi connectivity index (χ1) is 17.7. The van der Waals surface area contributed by atoms with Gasteiger partial charge in [0.15, 0.2) is 0 Å². The number of aryl methyl sites for hydroxylation is 1. The molecule has 0 unspecified atom stereocenters. The molecule has 12 heteroatoms. The van der Waals surface area contributed by atoms with Gasteiger partial charge in [0.25, 0.3) is 0 Å². The standard InChI is InChI=1S/C25H27N5O5S2/c1-15-3-4-17-5-6-30(20(17)7-15)12-16-8-23(36-13-16)24(32)19-11-27-14-28-25(19)29-18-9-21(31)22(10-18)35-37(33,34)26-2/h3-8,11,13-14,18,21-22,26,31H,9-10,12H2,1-2H3,(H,27,28,29)/t18-,21+,22-/m1/s1. The second kappa shape index (κ2) is 10.3. The van der Waals surface area contributed by atoms with Crippen molar-refractivity contribution in [2.75, 3.05) is 12.4 Å². The number of nitrogens with zero attached hydrogens (tertiary/aromatic N) is 3. The van der Waals surface area contributed by atoms with Crippen molar-refractivity contribution >= 4 is 44.1 Å². The molecule has 3 atom stereocenters. The molecule has 10 nitrogen and oxygen atoms in total. The van der Waals surface area contributed by atoms with Gasteiger partial charge in [-0.3, -0.25) is 8.98 Å². The third-order valence-electron chi connectivity index (χ3n) is 6.43. The SMILES string of the molecule is CNS(=O)(=O)O[C@@H]1C[C@H](Nc2ncncc2C(=O)c2cc(Cn3ccc4ccc(C)cc43)cs2)C[C@@H]1O. The Morgan fingerprint density at radius 1 is 1.27 bits per heavy atom. The Kier molecular flexibility index (Phi) is 7.10. The molecule has 0 aliphatic heterocycles. The highest BCUT2D eigenvalue weighted by Crippen LogP contribution is 2.29. The minimum atomic E-state index is -3.94. The van der Waals surface area contributed by atoms with Crippen molar-refractivity contribution in [1.29, 1.82) is 0 Å². The Hall–Kier alpha value is -3.16. The summed E-state index contributed by atoms with van der Waals surface area (Å²) in [6, 6.07) is 9.97. The molecule has 1 aliphatic rings. The van der Waals surface area contributed by atoms with E-state index < -0.39 is 22.5 Å². The number of carbonyl (C=O) groups excluding carboxylic acids is 1. The summed E-state index contributed by atoms with van der Waals surface area (Å²) in [4.78, 5) is 22.2. The van der Waals surface area contributed by atoms with E-state index in [0.29, 0.717) is 22.8 Å². The fourth-order valence-electron chi connectivity index (χ4n) is 4.55. The van der Waals surface area contributed by atoms with Crippen LogP contribution >= 0.6 is 11.3 Å². The van der Waals surface area contributed by atoms with Gasteiger partial charge in [0, 0.05) is 37.5 Å². The minimum Gasteiger partial charge on any atom is -0.390 e. The maximum absolute atomic E-state index is 13.4. The number of hydrogen-bond donors (Lipinski definition) is 3. The second-order valence-corrected chi connectivity index (χ2v) is 11.5. The van der Waals surface area contributed by atoms with E-state index in [0.717, 1.165) is 11.1 Å². The Labute approximate surface area is 218 Å². The molecule has 3 heterocycles. The predicted molar refractivity (Wildman–Crippen MR) is 141 cm³/mol. The molecule has 3 N–H and O–H groups in total. The molecular formula is C25H27N5O5S2. The molecule has 0 spiro atoms. The van der Waals surface area contributed by atoms with Crippen molar-refractivity contribution < 1.29 is 22.5 Å². The van der Waals surface area contributed by atoms with Gasteiger partial charge in [-0.25, -0.2) is 9.97 Å². The van der Waals surface area contributed by atoms with Gasteiger partial charge in [0.05, 0.1) is 16.5 Å². The van der Waals surface area contributed by atoms with Crippen LogP contribution in [0.5, 0.6) is 0 Å². The summed E-state index contributed by atoms with van der Waals surface area (Å²) >= 11 is 1.36. The lowest BCUT2D eigenvalue weighted by molar-refractivity contribution is 0.0636. The van der Waals surface area contributed by atoms with Gasteiger partial charge in [0.1, 0.15) is 18.2 Å². The fourth-order valence-corrected chi connectivity index (χ4v) is 6.04. The zero-order valence-electron chi connectivity index (χ0n) is 20.3. The number of anilines is 1. The van der Waals surface area contributed by atoms with Crippen LogP contribution in [-0.2, 0) is 21.0 Å². The summed E-state index contributed by atoms with van der Waals surface area (Å²) in [5.41, 5.74) is 3.66. The number of benzene rings is 1. The number of aliphatic hydroxyl groups is 1. The third-order valence-corrected chi connectivity index (χ3v) is 8.41. The first kappa shape index (κ1) is 25.5. The van der Waals surface area contributed by atoms with Crippen LogP contribution in [0.25, 0.3) is 10.9 Å². The Balaban J connectivity index is 1.30. The van der Waals surface area contributed by atoms with Crippen LogP contribution in [0.1, 0.15) is 39.2 Å². The molecule has 37 heavy (non-hydrogen) atoms. The predicted octanol–water partition coefficient (Wildman–Crippen LogP) is 2.87. The number of rotatable bonds is 9. The van der Waals surface area contributed by atoms with Crippen LogP contribution in [0.2, 0.25) is 0 Å². The summed E-state index contributed by atoms with van der Waals surface area (Å²) < 4.78 is 32.7. The zero-order chi connectivity index (χ0) is 26.2. The van der Waals surface area contributed by atoms with Crippen molar-refractivity contribution in [3.05, 3.63) is 76.0 Å². The first-order valence-corrected chi connectivity index (χ1v) is 14.0. The smallest absolute Gasteiger partial charge is 0.335 e. The number of aliphatic hydroxyl groups excluding tert-OH is 1. The minimum absolute atomic E-state index is 0.211. The van der Waals surface area contributed by atoms with E-state index in [9.17, 15) is 18.3 Å². The number of fused-ring (bicyclic) bond motifs is 1. The highest BCUT2D eigenvalue weighted by Gasteiger charge is 2.37. The van der Waals surface area contributed by atoms with Gasteiger partial charge in [0.2, 0.25) is 5.78 Å². The van der Waals surface area contributed by atoms with E-state index in [4.69, 9.17) is 4.18 Å². The molecule has 3 aromatic heterocycles. The maximum Gasteiger partial charge on any atom is 0.335 e. The molecule has 4 aromatic rings. The number of carbonyl (C=O) groups is 1. The highest BCUT2D eigenvalue weighted by atomic mass is 32.2. The number of aromatic nitrogens is 3. The largest absolute Gasteiger partial charge is 0.390 e. The van der Waals surface area contributed by atoms with Gasteiger partial charge >= 0.3 is 10.3 Å². The molecule has 0 bridgehead atoms. The van der Waals surface area contributed by atoms with Gasteiger partial charge in [-0.1, -0.05) is 12.1 Å². The highest BCUT2D eigenvalue weighted by molar-refractivity contribution is 7.84.